The number of benzene rings is 1. The van der Waals surface area contributed by atoms with E-state index in [2.05, 4.69) is 21.7 Å². The van der Waals surface area contributed by atoms with Crippen molar-refractivity contribution in [2.75, 3.05) is 0 Å². The van der Waals surface area contributed by atoms with E-state index in [1.54, 1.807) is 23.5 Å². The van der Waals surface area contributed by atoms with E-state index in [-0.39, 0.29) is 12.1 Å². The Balaban J connectivity index is 1.85. The highest BCUT2D eigenvalue weighted by Gasteiger charge is 2.09. The SMILES string of the molecule is Cc1nc(CNC(=O)N[C@@H](C)c2ccc(C#N)cc2)cs1. The molecule has 0 aliphatic rings. The fraction of sp³-hybridized carbons (Fsp3) is 0.267. The summed E-state index contributed by atoms with van der Waals surface area (Å²) in [5.41, 5.74) is 2.42. The summed E-state index contributed by atoms with van der Waals surface area (Å²) in [6.07, 6.45) is 0. The molecule has 108 valence electrons. The van der Waals surface area contributed by atoms with Gasteiger partial charge in [-0.3, -0.25) is 0 Å². The van der Waals surface area contributed by atoms with Crippen LogP contribution in [0.2, 0.25) is 0 Å². The van der Waals surface area contributed by atoms with Crippen molar-refractivity contribution in [2.45, 2.75) is 26.4 Å². The molecule has 6 heteroatoms. The fourth-order valence-electron chi connectivity index (χ4n) is 1.84. The number of thiazole rings is 1. The normalized spacial score (nSPS) is 11.5. The Kier molecular flexibility index (Phi) is 4.90. The highest BCUT2D eigenvalue weighted by Crippen LogP contribution is 2.13. The van der Waals surface area contributed by atoms with Crippen LogP contribution >= 0.6 is 11.3 Å². The van der Waals surface area contributed by atoms with Gasteiger partial charge in [0.15, 0.2) is 0 Å². The van der Waals surface area contributed by atoms with Crippen LogP contribution in [0.4, 0.5) is 4.79 Å². The van der Waals surface area contributed by atoms with Crippen molar-refractivity contribution in [3.8, 4) is 6.07 Å². The summed E-state index contributed by atoms with van der Waals surface area (Å²) in [6.45, 7) is 4.24. The number of nitrogens with one attached hydrogen (secondary N) is 2. The molecule has 1 aromatic heterocycles. The lowest BCUT2D eigenvalue weighted by Crippen LogP contribution is -2.36. The quantitative estimate of drug-likeness (QED) is 0.911. The molecule has 0 radical (unpaired) electrons. The first kappa shape index (κ1) is 15.0. The van der Waals surface area contributed by atoms with Crippen molar-refractivity contribution in [1.29, 1.82) is 5.26 Å². The molecule has 5 nitrogen and oxygen atoms in total. The van der Waals surface area contributed by atoms with Gasteiger partial charge in [0.2, 0.25) is 0 Å². The Labute approximate surface area is 127 Å². The fourth-order valence-corrected chi connectivity index (χ4v) is 2.45. The molecule has 0 aliphatic carbocycles. The molecule has 2 aromatic rings. The van der Waals surface area contributed by atoms with Crippen LogP contribution in [0.15, 0.2) is 29.6 Å². The molecule has 21 heavy (non-hydrogen) atoms. The molecule has 2 rings (SSSR count). The number of rotatable bonds is 4. The van der Waals surface area contributed by atoms with Crippen LogP contribution in [-0.2, 0) is 6.54 Å². The number of aryl methyl sites for hydroxylation is 1. The van der Waals surface area contributed by atoms with Gasteiger partial charge >= 0.3 is 6.03 Å². The van der Waals surface area contributed by atoms with Gasteiger partial charge in [0.1, 0.15) is 0 Å². The van der Waals surface area contributed by atoms with Gasteiger partial charge in [-0.05, 0) is 31.5 Å². The van der Waals surface area contributed by atoms with Crippen LogP contribution in [0.1, 0.15) is 34.8 Å². The van der Waals surface area contributed by atoms with Gasteiger partial charge in [0, 0.05) is 5.38 Å². The summed E-state index contributed by atoms with van der Waals surface area (Å²) in [4.78, 5) is 16.1. The molecular weight excluding hydrogens is 284 g/mol. The number of carbonyl (C=O) groups excluding carboxylic acids is 1. The molecule has 2 amide bonds. The lowest BCUT2D eigenvalue weighted by Gasteiger charge is -2.14. The summed E-state index contributed by atoms with van der Waals surface area (Å²) >= 11 is 1.56. The van der Waals surface area contributed by atoms with Crippen molar-refractivity contribution < 1.29 is 4.79 Å². The van der Waals surface area contributed by atoms with E-state index in [1.165, 1.54) is 0 Å². The number of nitriles is 1. The van der Waals surface area contributed by atoms with Crippen LogP contribution in [0.3, 0.4) is 0 Å². The van der Waals surface area contributed by atoms with Gasteiger partial charge in [-0.25, -0.2) is 9.78 Å². The molecule has 0 unspecified atom stereocenters. The molecule has 1 atom stereocenters. The number of hydrogen-bond donors (Lipinski definition) is 2. The average Bonchev–Trinajstić information content (AvgIpc) is 2.91. The first-order valence-electron chi connectivity index (χ1n) is 6.54. The second-order valence-electron chi connectivity index (χ2n) is 4.64. The predicted octanol–water partition coefficient (Wildman–Crippen LogP) is 2.88. The standard InChI is InChI=1S/C15H16N4OS/c1-10(13-5-3-12(7-16)4-6-13)18-15(20)17-8-14-9-21-11(2)19-14/h3-6,9-10H,8H2,1-2H3,(H2,17,18,20)/t10-/m0/s1. The summed E-state index contributed by atoms with van der Waals surface area (Å²) < 4.78 is 0. The van der Waals surface area contributed by atoms with Crippen LogP contribution in [0.5, 0.6) is 0 Å². The van der Waals surface area contributed by atoms with E-state index in [9.17, 15) is 4.79 Å². The Morgan fingerprint density at radius 3 is 2.71 bits per heavy atom. The molecule has 0 saturated heterocycles. The van der Waals surface area contributed by atoms with E-state index < -0.39 is 0 Å². The van der Waals surface area contributed by atoms with Gasteiger partial charge in [0.25, 0.3) is 0 Å². The third-order valence-corrected chi connectivity index (χ3v) is 3.81. The van der Waals surface area contributed by atoms with Crippen molar-refractivity contribution >= 4 is 17.4 Å². The molecule has 0 saturated carbocycles. The van der Waals surface area contributed by atoms with Gasteiger partial charge in [-0.1, -0.05) is 12.1 Å². The highest BCUT2D eigenvalue weighted by atomic mass is 32.1. The highest BCUT2D eigenvalue weighted by molar-refractivity contribution is 7.09. The Morgan fingerprint density at radius 1 is 1.43 bits per heavy atom. The lowest BCUT2D eigenvalue weighted by atomic mass is 10.1. The molecule has 0 bridgehead atoms. The minimum atomic E-state index is -0.238. The molecular formula is C15H16N4OS. The van der Waals surface area contributed by atoms with E-state index in [0.29, 0.717) is 12.1 Å². The van der Waals surface area contributed by atoms with Crippen molar-refractivity contribution in [3.05, 3.63) is 51.5 Å². The number of aromatic nitrogens is 1. The van der Waals surface area contributed by atoms with E-state index in [1.807, 2.05) is 31.4 Å². The smallest absolute Gasteiger partial charge is 0.315 e. The summed E-state index contributed by atoms with van der Waals surface area (Å²) in [5, 5.41) is 17.3. The van der Waals surface area contributed by atoms with Crippen LogP contribution in [0.25, 0.3) is 0 Å². The van der Waals surface area contributed by atoms with E-state index in [4.69, 9.17) is 5.26 Å². The average molecular weight is 300 g/mol. The van der Waals surface area contributed by atoms with Crippen molar-refractivity contribution in [1.82, 2.24) is 15.6 Å². The third kappa shape index (κ3) is 4.29. The topological polar surface area (TPSA) is 77.8 Å². The summed E-state index contributed by atoms with van der Waals surface area (Å²) in [6, 6.07) is 8.86. The van der Waals surface area contributed by atoms with Gasteiger partial charge in [-0.15, -0.1) is 11.3 Å². The third-order valence-electron chi connectivity index (χ3n) is 2.98. The predicted molar refractivity (Wildman–Crippen MR) is 81.8 cm³/mol. The monoisotopic (exact) mass is 300 g/mol. The molecule has 0 fully saturated rings. The molecule has 0 spiro atoms. The molecule has 0 aliphatic heterocycles. The van der Waals surface area contributed by atoms with Crippen LogP contribution in [0, 0.1) is 18.3 Å². The van der Waals surface area contributed by atoms with Crippen LogP contribution < -0.4 is 10.6 Å². The number of amides is 2. The molecule has 1 heterocycles. The minimum Gasteiger partial charge on any atom is -0.332 e. The van der Waals surface area contributed by atoms with Gasteiger partial charge in [0.05, 0.1) is 34.9 Å². The number of urea groups is 1. The van der Waals surface area contributed by atoms with E-state index in [0.717, 1.165) is 16.3 Å². The number of nitrogens with zero attached hydrogens (tertiary/aromatic N) is 2. The largest absolute Gasteiger partial charge is 0.332 e. The Hall–Kier alpha value is -2.39. The second-order valence-corrected chi connectivity index (χ2v) is 5.70. The lowest BCUT2D eigenvalue weighted by molar-refractivity contribution is 0.237. The first-order valence-corrected chi connectivity index (χ1v) is 7.42. The second kappa shape index (κ2) is 6.86. The van der Waals surface area contributed by atoms with Crippen molar-refractivity contribution in [3.63, 3.8) is 0 Å². The minimum absolute atomic E-state index is 0.130. The maximum absolute atomic E-state index is 11.8. The summed E-state index contributed by atoms with van der Waals surface area (Å²) in [7, 11) is 0. The Morgan fingerprint density at radius 2 is 2.14 bits per heavy atom. The number of carbonyl (C=O) groups is 1. The van der Waals surface area contributed by atoms with Crippen molar-refractivity contribution in [2.24, 2.45) is 0 Å². The van der Waals surface area contributed by atoms with Crippen LogP contribution in [-0.4, -0.2) is 11.0 Å². The zero-order chi connectivity index (χ0) is 15.2. The summed E-state index contributed by atoms with van der Waals surface area (Å²) in [5.74, 6) is 0. The molecule has 2 N–H and O–H groups in total. The zero-order valence-corrected chi connectivity index (χ0v) is 12.7. The Bertz CT molecular complexity index is 657. The number of hydrogen-bond acceptors (Lipinski definition) is 4. The van der Waals surface area contributed by atoms with Gasteiger partial charge in [-0.2, -0.15) is 5.26 Å². The zero-order valence-electron chi connectivity index (χ0n) is 11.9. The maximum atomic E-state index is 11.8. The maximum Gasteiger partial charge on any atom is 0.315 e. The molecule has 1 aromatic carbocycles. The van der Waals surface area contributed by atoms with E-state index >= 15 is 0 Å². The van der Waals surface area contributed by atoms with Gasteiger partial charge < -0.3 is 10.6 Å². The first-order chi connectivity index (χ1) is 10.1.